The minimum absolute atomic E-state index is 0.0797. The topological polar surface area (TPSA) is 79.7 Å². The van der Waals surface area contributed by atoms with Crippen LogP contribution in [0.4, 0.5) is 0 Å². The van der Waals surface area contributed by atoms with Gasteiger partial charge in [-0.1, -0.05) is 20.8 Å². The second kappa shape index (κ2) is 6.64. The van der Waals surface area contributed by atoms with Crippen molar-refractivity contribution in [3.63, 3.8) is 0 Å². The van der Waals surface area contributed by atoms with Gasteiger partial charge in [-0.05, 0) is 12.1 Å². The quantitative estimate of drug-likeness (QED) is 0.772. The van der Waals surface area contributed by atoms with Crippen LogP contribution in [0.25, 0.3) is 0 Å². The molecule has 7 heteroatoms. The first-order valence-electron chi connectivity index (χ1n) is 9.15. The SMILES string of the molecule is CC(C)(C)c1ncc2c(n1)CN(C(=O)[C@H](Cc1cnc[nH]1)n1cccc1)C2. The molecule has 1 amide bonds. The van der Waals surface area contributed by atoms with Gasteiger partial charge < -0.3 is 14.5 Å². The van der Waals surface area contributed by atoms with Crippen LogP contribution in [0.5, 0.6) is 0 Å². The molecule has 0 aromatic carbocycles. The molecule has 27 heavy (non-hydrogen) atoms. The normalized spacial score (nSPS) is 15.0. The summed E-state index contributed by atoms with van der Waals surface area (Å²) in [6.07, 6.45) is 9.71. The number of carbonyl (C=O) groups is 1. The van der Waals surface area contributed by atoms with Crippen LogP contribution in [0.3, 0.4) is 0 Å². The molecule has 1 aliphatic rings. The van der Waals surface area contributed by atoms with E-state index >= 15 is 0 Å². The van der Waals surface area contributed by atoms with Gasteiger partial charge in [0, 0.05) is 54.4 Å². The van der Waals surface area contributed by atoms with E-state index < -0.39 is 0 Å². The molecule has 0 unspecified atom stereocenters. The molecule has 0 saturated heterocycles. The zero-order valence-electron chi connectivity index (χ0n) is 15.9. The highest BCUT2D eigenvalue weighted by atomic mass is 16.2. The average Bonchev–Trinajstić information content (AvgIpc) is 3.38. The highest BCUT2D eigenvalue weighted by molar-refractivity contribution is 5.81. The maximum atomic E-state index is 13.3. The summed E-state index contributed by atoms with van der Waals surface area (Å²) in [4.78, 5) is 31.6. The molecule has 0 fully saturated rings. The van der Waals surface area contributed by atoms with E-state index in [1.54, 1.807) is 12.5 Å². The molecule has 1 aliphatic heterocycles. The zero-order chi connectivity index (χ0) is 19.0. The third-order valence-corrected chi connectivity index (χ3v) is 4.88. The molecule has 3 aromatic heterocycles. The molecule has 1 atom stereocenters. The summed E-state index contributed by atoms with van der Waals surface area (Å²) in [6.45, 7) is 7.37. The van der Waals surface area contributed by atoms with E-state index in [1.807, 2.05) is 40.2 Å². The van der Waals surface area contributed by atoms with Crippen molar-refractivity contribution in [3.05, 3.63) is 66.0 Å². The Balaban J connectivity index is 1.57. The first kappa shape index (κ1) is 17.5. The fourth-order valence-electron chi connectivity index (χ4n) is 3.36. The average molecular weight is 364 g/mol. The lowest BCUT2D eigenvalue weighted by atomic mass is 9.95. The summed E-state index contributed by atoms with van der Waals surface area (Å²) >= 11 is 0. The Morgan fingerprint density at radius 2 is 2.00 bits per heavy atom. The summed E-state index contributed by atoms with van der Waals surface area (Å²) in [7, 11) is 0. The standard InChI is InChI=1S/C20H24N6O/c1-20(2,3)19-22-9-14-11-26(12-16(14)24-19)18(27)17(25-6-4-5-7-25)8-15-10-21-13-23-15/h4-7,9-10,13,17H,8,11-12H2,1-3H3,(H,21,23)/t17-/m0/s1. The predicted octanol–water partition coefficient (Wildman–Crippen LogP) is 2.62. The number of fused-ring (bicyclic) bond motifs is 1. The Morgan fingerprint density at radius 1 is 1.22 bits per heavy atom. The van der Waals surface area contributed by atoms with Crippen LogP contribution in [0.2, 0.25) is 0 Å². The van der Waals surface area contributed by atoms with Crippen molar-refractivity contribution in [1.29, 1.82) is 0 Å². The minimum atomic E-state index is -0.315. The molecule has 0 radical (unpaired) electrons. The summed E-state index contributed by atoms with van der Waals surface area (Å²) in [5.74, 6) is 0.895. The Labute approximate surface area is 158 Å². The zero-order valence-corrected chi connectivity index (χ0v) is 15.9. The number of aromatic nitrogens is 5. The maximum absolute atomic E-state index is 13.3. The largest absolute Gasteiger partial charge is 0.348 e. The Kier molecular flexibility index (Phi) is 4.30. The second-order valence-corrected chi connectivity index (χ2v) is 8.04. The number of hydrogen-bond acceptors (Lipinski definition) is 4. The molecule has 3 aromatic rings. The third-order valence-electron chi connectivity index (χ3n) is 4.88. The Hall–Kier alpha value is -2.96. The number of carbonyl (C=O) groups excluding carboxylic acids is 1. The number of imidazole rings is 1. The molecule has 140 valence electrons. The Morgan fingerprint density at radius 3 is 2.67 bits per heavy atom. The molecule has 0 aliphatic carbocycles. The van der Waals surface area contributed by atoms with Crippen LogP contribution in [0.1, 0.15) is 49.6 Å². The summed E-state index contributed by atoms with van der Waals surface area (Å²) in [6, 6.07) is 3.56. The van der Waals surface area contributed by atoms with Crippen molar-refractivity contribution in [3.8, 4) is 0 Å². The molecule has 0 saturated carbocycles. The van der Waals surface area contributed by atoms with Gasteiger partial charge >= 0.3 is 0 Å². The number of hydrogen-bond donors (Lipinski definition) is 1. The number of H-pyrrole nitrogens is 1. The van der Waals surface area contributed by atoms with Gasteiger partial charge in [0.2, 0.25) is 5.91 Å². The van der Waals surface area contributed by atoms with Crippen LogP contribution in [0, 0.1) is 0 Å². The fourth-order valence-corrected chi connectivity index (χ4v) is 3.36. The monoisotopic (exact) mass is 364 g/mol. The molecule has 4 rings (SSSR count). The molecule has 0 spiro atoms. The summed E-state index contributed by atoms with van der Waals surface area (Å²) in [5, 5.41) is 0. The molecular formula is C20H24N6O. The Bertz CT molecular complexity index is 924. The van der Waals surface area contributed by atoms with Crippen LogP contribution in [0.15, 0.2) is 43.2 Å². The van der Waals surface area contributed by atoms with Crippen molar-refractivity contribution >= 4 is 5.91 Å². The summed E-state index contributed by atoms with van der Waals surface area (Å²) in [5.41, 5.74) is 2.81. The smallest absolute Gasteiger partial charge is 0.246 e. The highest BCUT2D eigenvalue weighted by Crippen LogP contribution is 2.27. The van der Waals surface area contributed by atoms with E-state index in [0.29, 0.717) is 19.5 Å². The first-order chi connectivity index (χ1) is 12.9. The molecule has 7 nitrogen and oxygen atoms in total. The minimum Gasteiger partial charge on any atom is -0.348 e. The summed E-state index contributed by atoms with van der Waals surface area (Å²) < 4.78 is 1.96. The van der Waals surface area contributed by atoms with Crippen molar-refractivity contribution in [2.75, 3.05) is 0 Å². The van der Waals surface area contributed by atoms with Gasteiger partial charge in [-0.25, -0.2) is 15.0 Å². The molecule has 1 N–H and O–H groups in total. The predicted molar refractivity (Wildman–Crippen MR) is 101 cm³/mol. The first-order valence-corrected chi connectivity index (χ1v) is 9.15. The van der Waals surface area contributed by atoms with Gasteiger partial charge in [-0.3, -0.25) is 4.79 Å². The van der Waals surface area contributed by atoms with E-state index in [2.05, 4.69) is 35.7 Å². The van der Waals surface area contributed by atoms with Gasteiger partial charge in [0.05, 0.1) is 18.6 Å². The van der Waals surface area contributed by atoms with Crippen molar-refractivity contribution in [2.24, 2.45) is 0 Å². The van der Waals surface area contributed by atoms with Gasteiger partial charge in [0.1, 0.15) is 11.9 Å². The number of nitrogens with zero attached hydrogens (tertiary/aromatic N) is 5. The van der Waals surface area contributed by atoms with Crippen LogP contribution in [-0.4, -0.2) is 35.3 Å². The highest BCUT2D eigenvalue weighted by Gasteiger charge is 2.32. The number of aromatic amines is 1. The van der Waals surface area contributed by atoms with Crippen molar-refractivity contribution in [1.82, 2.24) is 29.4 Å². The molecular weight excluding hydrogens is 340 g/mol. The lowest BCUT2D eigenvalue weighted by molar-refractivity contribution is -0.135. The number of nitrogens with one attached hydrogen (secondary N) is 1. The lowest BCUT2D eigenvalue weighted by Crippen LogP contribution is -2.34. The van der Waals surface area contributed by atoms with Crippen molar-refractivity contribution < 1.29 is 4.79 Å². The van der Waals surface area contributed by atoms with Crippen molar-refractivity contribution in [2.45, 2.75) is 51.7 Å². The lowest BCUT2D eigenvalue weighted by Gasteiger charge is -2.24. The molecule has 4 heterocycles. The van der Waals surface area contributed by atoms with Gasteiger partial charge in [-0.2, -0.15) is 0 Å². The number of amides is 1. The third kappa shape index (κ3) is 3.49. The van der Waals surface area contributed by atoms with Gasteiger partial charge in [-0.15, -0.1) is 0 Å². The maximum Gasteiger partial charge on any atom is 0.246 e. The molecule has 0 bridgehead atoms. The van der Waals surface area contributed by atoms with Crippen LogP contribution < -0.4 is 0 Å². The van der Waals surface area contributed by atoms with E-state index in [4.69, 9.17) is 4.98 Å². The number of rotatable bonds is 4. The fraction of sp³-hybridized carbons (Fsp3) is 0.400. The van der Waals surface area contributed by atoms with Gasteiger partial charge in [0.25, 0.3) is 0 Å². The second-order valence-electron chi connectivity index (χ2n) is 8.04. The van der Waals surface area contributed by atoms with E-state index in [9.17, 15) is 4.79 Å². The van der Waals surface area contributed by atoms with E-state index in [-0.39, 0.29) is 17.4 Å². The van der Waals surface area contributed by atoms with Gasteiger partial charge in [0.15, 0.2) is 0 Å². The van der Waals surface area contributed by atoms with E-state index in [0.717, 1.165) is 22.8 Å². The van der Waals surface area contributed by atoms with Crippen LogP contribution in [-0.2, 0) is 29.7 Å². The van der Waals surface area contributed by atoms with E-state index in [1.165, 1.54) is 0 Å². The van der Waals surface area contributed by atoms with Crippen LogP contribution >= 0.6 is 0 Å².